The lowest BCUT2D eigenvalue weighted by Gasteiger charge is -2.30. The maximum absolute atomic E-state index is 2.40. The first-order valence-corrected chi connectivity index (χ1v) is 5.48. The van der Waals surface area contributed by atoms with Crippen molar-refractivity contribution in [2.24, 2.45) is 0 Å². The van der Waals surface area contributed by atoms with Crippen molar-refractivity contribution in [3.05, 3.63) is 0 Å². The molecule has 1 aliphatic rings. The van der Waals surface area contributed by atoms with Gasteiger partial charge in [0.25, 0.3) is 0 Å². The molecule has 0 amide bonds. The molecule has 0 aromatic heterocycles. The minimum absolute atomic E-state index is 1.22. The van der Waals surface area contributed by atoms with Gasteiger partial charge in [-0.3, -0.25) is 0 Å². The molecule has 3 heteroatoms. The molecule has 1 aliphatic heterocycles. The van der Waals surface area contributed by atoms with Crippen LogP contribution >= 0.6 is 11.9 Å². The summed E-state index contributed by atoms with van der Waals surface area (Å²) < 4.78 is 2.40. The Bertz CT molecular complexity index is 80.2. The fourth-order valence-electron chi connectivity index (χ4n) is 0.971. The van der Waals surface area contributed by atoms with E-state index < -0.39 is 0 Å². The molecule has 0 aliphatic carbocycles. The minimum Gasteiger partial charge on any atom is -0.304 e. The summed E-state index contributed by atoms with van der Waals surface area (Å²) in [7, 11) is 2.18. The van der Waals surface area contributed by atoms with Crippen molar-refractivity contribution in [2.45, 2.75) is 13.8 Å². The zero-order valence-corrected chi connectivity index (χ0v) is 8.95. The van der Waals surface area contributed by atoms with E-state index in [-0.39, 0.29) is 0 Å². The Balaban J connectivity index is 0.000000461. The zero-order valence-electron chi connectivity index (χ0n) is 8.13. The predicted octanol–water partition coefficient (Wildman–Crippen LogP) is 1.54. The van der Waals surface area contributed by atoms with Gasteiger partial charge in [0.15, 0.2) is 0 Å². The second kappa shape index (κ2) is 6.95. The molecule has 0 saturated carbocycles. The van der Waals surface area contributed by atoms with Crippen LogP contribution in [0.4, 0.5) is 0 Å². The summed E-state index contributed by atoms with van der Waals surface area (Å²) in [6, 6.07) is 0. The molecule has 0 radical (unpaired) electrons. The fourth-order valence-corrected chi connectivity index (χ4v) is 1.50. The summed E-state index contributed by atoms with van der Waals surface area (Å²) in [5, 5.41) is 0. The third-order valence-electron chi connectivity index (χ3n) is 1.72. The van der Waals surface area contributed by atoms with Crippen LogP contribution in [0.5, 0.6) is 0 Å². The van der Waals surface area contributed by atoms with Gasteiger partial charge in [-0.2, -0.15) is 0 Å². The third kappa shape index (κ3) is 4.67. The van der Waals surface area contributed by atoms with Gasteiger partial charge >= 0.3 is 0 Å². The van der Waals surface area contributed by atoms with Gasteiger partial charge in [-0.25, -0.2) is 4.31 Å². The van der Waals surface area contributed by atoms with E-state index in [1.807, 2.05) is 25.8 Å². The normalized spacial score (nSPS) is 20.7. The SMILES string of the molecule is CC.CSN1CCN(C)CC1. The first kappa shape index (κ1) is 11.3. The number of rotatable bonds is 1. The predicted molar refractivity (Wildman–Crippen MR) is 53.9 cm³/mol. The van der Waals surface area contributed by atoms with Crippen molar-refractivity contribution in [1.82, 2.24) is 9.21 Å². The maximum Gasteiger partial charge on any atom is 0.0218 e. The highest BCUT2D eigenvalue weighted by Gasteiger charge is 2.11. The van der Waals surface area contributed by atoms with Gasteiger partial charge in [-0.05, 0) is 13.3 Å². The van der Waals surface area contributed by atoms with Crippen LogP contribution in [0, 0.1) is 0 Å². The second-order valence-electron chi connectivity index (χ2n) is 2.41. The fraction of sp³-hybridized carbons (Fsp3) is 1.00. The molecule has 0 aromatic rings. The van der Waals surface area contributed by atoms with E-state index in [0.717, 1.165) is 0 Å². The van der Waals surface area contributed by atoms with Crippen LogP contribution in [0.1, 0.15) is 13.8 Å². The molecule has 11 heavy (non-hydrogen) atoms. The van der Waals surface area contributed by atoms with E-state index >= 15 is 0 Å². The molecule has 0 bridgehead atoms. The van der Waals surface area contributed by atoms with Crippen LogP contribution in [-0.4, -0.2) is 48.7 Å². The summed E-state index contributed by atoms with van der Waals surface area (Å²) in [6.45, 7) is 8.89. The van der Waals surface area contributed by atoms with Gasteiger partial charge in [0.1, 0.15) is 0 Å². The molecule has 1 heterocycles. The highest BCUT2D eigenvalue weighted by Crippen LogP contribution is 2.07. The average Bonchev–Trinajstić information content (AvgIpc) is 2.10. The lowest BCUT2D eigenvalue weighted by molar-refractivity contribution is 0.234. The van der Waals surface area contributed by atoms with Crippen molar-refractivity contribution >= 4 is 11.9 Å². The van der Waals surface area contributed by atoms with Crippen molar-refractivity contribution < 1.29 is 0 Å². The Kier molecular flexibility index (Phi) is 7.12. The monoisotopic (exact) mass is 176 g/mol. The molecule has 68 valence electrons. The highest BCUT2D eigenvalue weighted by atomic mass is 32.2. The lowest BCUT2D eigenvalue weighted by Crippen LogP contribution is -2.40. The summed E-state index contributed by atoms with van der Waals surface area (Å²) >= 11 is 1.85. The highest BCUT2D eigenvalue weighted by molar-refractivity contribution is 7.96. The number of nitrogens with zero attached hydrogens (tertiary/aromatic N) is 2. The molecule has 0 N–H and O–H groups in total. The summed E-state index contributed by atoms with van der Waals surface area (Å²) in [4.78, 5) is 2.37. The van der Waals surface area contributed by atoms with Crippen molar-refractivity contribution in [3.8, 4) is 0 Å². The Morgan fingerprint density at radius 3 is 1.82 bits per heavy atom. The first-order valence-electron chi connectivity index (χ1n) is 4.30. The summed E-state index contributed by atoms with van der Waals surface area (Å²) in [6.07, 6.45) is 2.14. The zero-order chi connectivity index (χ0) is 8.69. The maximum atomic E-state index is 2.40. The average molecular weight is 176 g/mol. The van der Waals surface area contributed by atoms with E-state index in [9.17, 15) is 0 Å². The number of likely N-dealkylation sites (N-methyl/N-ethyl adjacent to an activating group) is 1. The smallest absolute Gasteiger partial charge is 0.0218 e. The Labute approximate surface area is 75.1 Å². The van der Waals surface area contributed by atoms with Crippen LogP contribution in [0.15, 0.2) is 0 Å². The van der Waals surface area contributed by atoms with Crippen LogP contribution in [-0.2, 0) is 0 Å². The van der Waals surface area contributed by atoms with E-state index in [4.69, 9.17) is 0 Å². The summed E-state index contributed by atoms with van der Waals surface area (Å²) in [5.41, 5.74) is 0. The standard InChI is InChI=1S/C6H14N2S.C2H6/c1-7-3-5-8(9-2)6-4-7;1-2/h3-6H2,1-2H3;1-2H3. The quantitative estimate of drug-likeness (QED) is 0.560. The molecule has 2 nitrogen and oxygen atoms in total. The number of piperazine rings is 1. The van der Waals surface area contributed by atoms with E-state index in [1.54, 1.807) is 0 Å². The van der Waals surface area contributed by atoms with Gasteiger partial charge in [0.2, 0.25) is 0 Å². The Morgan fingerprint density at radius 2 is 1.45 bits per heavy atom. The van der Waals surface area contributed by atoms with Crippen LogP contribution in [0.3, 0.4) is 0 Å². The molecular weight excluding hydrogens is 156 g/mol. The Hall–Kier alpha value is 0.270. The van der Waals surface area contributed by atoms with Crippen molar-refractivity contribution in [1.29, 1.82) is 0 Å². The van der Waals surface area contributed by atoms with Gasteiger partial charge in [0, 0.05) is 26.2 Å². The van der Waals surface area contributed by atoms with Crippen LogP contribution in [0.25, 0.3) is 0 Å². The van der Waals surface area contributed by atoms with Gasteiger partial charge in [-0.1, -0.05) is 25.8 Å². The number of hydrogen-bond donors (Lipinski definition) is 0. The molecule has 0 unspecified atom stereocenters. The molecule has 1 fully saturated rings. The van der Waals surface area contributed by atoms with E-state index in [1.165, 1.54) is 26.2 Å². The molecule has 0 aromatic carbocycles. The topological polar surface area (TPSA) is 6.48 Å². The molecule has 0 atom stereocenters. The Morgan fingerprint density at radius 1 is 1.00 bits per heavy atom. The minimum atomic E-state index is 1.22. The van der Waals surface area contributed by atoms with E-state index in [0.29, 0.717) is 0 Å². The first-order chi connectivity index (χ1) is 5.33. The second-order valence-corrected chi connectivity index (χ2v) is 3.30. The van der Waals surface area contributed by atoms with Crippen LogP contribution < -0.4 is 0 Å². The van der Waals surface area contributed by atoms with Gasteiger partial charge in [-0.15, -0.1) is 0 Å². The molecule has 1 rings (SSSR count). The van der Waals surface area contributed by atoms with Crippen LogP contribution in [0.2, 0.25) is 0 Å². The summed E-state index contributed by atoms with van der Waals surface area (Å²) in [5.74, 6) is 0. The number of hydrogen-bond acceptors (Lipinski definition) is 3. The molecule has 0 spiro atoms. The third-order valence-corrected chi connectivity index (χ3v) is 2.60. The van der Waals surface area contributed by atoms with Gasteiger partial charge < -0.3 is 4.90 Å². The lowest BCUT2D eigenvalue weighted by atomic mass is 10.4. The largest absolute Gasteiger partial charge is 0.304 e. The van der Waals surface area contributed by atoms with Crippen molar-refractivity contribution in [3.63, 3.8) is 0 Å². The molecule has 1 saturated heterocycles. The van der Waals surface area contributed by atoms with Gasteiger partial charge in [0.05, 0.1) is 0 Å². The van der Waals surface area contributed by atoms with Crippen molar-refractivity contribution in [2.75, 3.05) is 39.5 Å². The van der Waals surface area contributed by atoms with E-state index in [2.05, 4.69) is 22.5 Å². The molecular formula is C8H20N2S.